The van der Waals surface area contributed by atoms with E-state index < -0.39 is 11.6 Å². The first-order chi connectivity index (χ1) is 12.5. The van der Waals surface area contributed by atoms with Gasteiger partial charge in [-0.25, -0.2) is 18.4 Å². The molecule has 0 aliphatic heterocycles. The zero-order chi connectivity index (χ0) is 18.5. The van der Waals surface area contributed by atoms with Crippen LogP contribution in [0.4, 0.5) is 8.78 Å². The number of carbonyl (C=O) groups is 1. The molecule has 0 aliphatic carbocycles. The summed E-state index contributed by atoms with van der Waals surface area (Å²) in [5.74, 6) is -0.796. The summed E-state index contributed by atoms with van der Waals surface area (Å²) < 4.78 is 30.5. The molecule has 3 rings (SSSR count). The number of aromatic nitrogens is 5. The summed E-state index contributed by atoms with van der Waals surface area (Å²) >= 11 is 0. The SMILES string of the molecule is Cc1nccn1CCCNC(=O)c1cn(Cc2c(F)cccc2F)nn1. The Morgan fingerprint density at radius 3 is 2.73 bits per heavy atom. The van der Waals surface area contributed by atoms with E-state index in [0.29, 0.717) is 6.54 Å². The van der Waals surface area contributed by atoms with Crippen molar-refractivity contribution in [1.29, 1.82) is 0 Å². The molecule has 7 nitrogen and oxygen atoms in total. The minimum absolute atomic E-state index is 0.0977. The lowest BCUT2D eigenvalue weighted by Gasteiger charge is -2.05. The summed E-state index contributed by atoms with van der Waals surface area (Å²) in [5, 5.41) is 10.3. The van der Waals surface area contributed by atoms with Crippen LogP contribution in [0.15, 0.2) is 36.8 Å². The normalized spacial score (nSPS) is 10.9. The zero-order valence-corrected chi connectivity index (χ0v) is 14.2. The van der Waals surface area contributed by atoms with Gasteiger partial charge < -0.3 is 9.88 Å². The van der Waals surface area contributed by atoms with E-state index in [9.17, 15) is 13.6 Å². The molecule has 0 aliphatic rings. The molecule has 0 spiro atoms. The van der Waals surface area contributed by atoms with Crippen LogP contribution < -0.4 is 5.32 Å². The van der Waals surface area contributed by atoms with E-state index in [1.54, 1.807) is 6.20 Å². The van der Waals surface area contributed by atoms with Crippen LogP contribution in [0.25, 0.3) is 0 Å². The summed E-state index contributed by atoms with van der Waals surface area (Å²) in [6.07, 6.45) is 5.70. The second-order valence-corrected chi connectivity index (χ2v) is 5.78. The first-order valence-corrected chi connectivity index (χ1v) is 8.13. The van der Waals surface area contributed by atoms with E-state index in [4.69, 9.17) is 0 Å². The van der Waals surface area contributed by atoms with E-state index in [1.165, 1.54) is 29.1 Å². The lowest BCUT2D eigenvalue weighted by atomic mass is 10.2. The molecule has 1 aromatic carbocycles. The molecule has 0 saturated heterocycles. The van der Waals surface area contributed by atoms with Crippen LogP contribution in [0.5, 0.6) is 0 Å². The Labute approximate surface area is 148 Å². The zero-order valence-electron chi connectivity index (χ0n) is 14.2. The molecule has 26 heavy (non-hydrogen) atoms. The van der Waals surface area contributed by atoms with E-state index in [0.717, 1.165) is 18.8 Å². The van der Waals surface area contributed by atoms with Gasteiger partial charge in [0, 0.05) is 31.0 Å². The molecule has 0 unspecified atom stereocenters. The number of halogens is 2. The second kappa shape index (κ2) is 7.85. The van der Waals surface area contributed by atoms with E-state index in [1.807, 2.05) is 17.7 Å². The smallest absolute Gasteiger partial charge is 0.273 e. The number of imidazole rings is 1. The van der Waals surface area contributed by atoms with E-state index >= 15 is 0 Å². The molecule has 1 amide bonds. The van der Waals surface area contributed by atoms with Crippen LogP contribution in [-0.2, 0) is 13.1 Å². The fraction of sp³-hybridized carbons (Fsp3) is 0.294. The second-order valence-electron chi connectivity index (χ2n) is 5.78. The maximum Gasteiger partial charge on any atom is 0.273 e. The van der Waals surface area contributed by atoms with Gasteiger partial charge in [0.2, 0.25) is 0 Å². The van der Waals surface area contributed by atoms with Gasteiger partial charge in [0.25, 0.3) is 5.91 Å². The highest BCUT2D eigenvalue weighted by Gasteiger charge is 2.13. The van der Waals surface area contributed by atoms with Crippen molar-refractivity contribution in [3.63, 3.8) is 0 Å². The highest BCUT2D eigenvalue weighted by Crippen LogP contribution is 2.13. The van der Waals surface area contributed by atoms with Crippen molar-refractivity contribution in [2.75, 3.05) is 6.54 Å². The molecule has 0 radical (unpaired) electrons. The maximum absolute atomic E-state index is 13.7. The van der Waals surface area contributed by atoms with Crippen molar-refractivity contribution in [3.8, 4) is 0 Å². The number of aryl methyl sites for hydroxylation is 2. The van der Waals surface area contributed by atoms with Gasteiger partial charge in [-0.15, -0.1) is 5.10 Å². The van der Waals surface area contributed by atoms with Gasteiger partial charge in [0.1, 0.15) is 17.5 Å². The molecule has 3 aromatic rings. The lowest BCUT2D eigenvalue weighted by molar-refractivity contribution is 0.0947. The molecule has 0 atom stereocenters. The third-order valence-corrected chi connectivity index (χ3v) is 3.94. The first kappa shape index (κ1) is 17.7. The van der Waals surface area contributed by atoms with Crippen LogP contribution in [0.2, 0.25) is 0 Å². The summed E-state index contributed by atoms with van der Waals surface area (Å²) in [6, 6.07) is 3.63. The highest BCUT2D eigenvalue weighted by molar-refractivity contribution is 5.91. The Bertz CT molecular complexity index is 884. The topological polar surface area (TPSA) is 77.6 Å². The van der Waals surface area contributed by atoms with Crippen LogP contribution in [0, 0.1) is 18.6 Å². The fourth-order valence-corrected chi connectivity index (χ4v) is 2.51. The average molecular weight is 360 g/mol. The quantitative estimate of drug-likeness (QED) is 0.653. The van der Waals surface area contributed by atoms with Crippen LogP contribution in [0.3, 0.4) is 0 Å². The fourth-order valence-electron chi connectivity index (χ4n) is 2.51. The summed E-state index contributed by atoms with van der Waals surface area (Å²) in [4.78, 5) is 16.2. The Hall–Kier alpha value is -3.10. The maximum atomic E-state index is 13.7. The monoisotopic (exact) mass is 360 g/mol. The van der Waals surface area contributed by atoms with E-state index in [2.05, 4.69) is 20.6 Å². The van der Waals surface area contributed by atoms with Gasteiger partial charge in [-0.2, -0.15) is 0 Å². The van der Waals surface area contributed by atoms with Crippen molar-refractivity contribution < 1.29 is 13.6 Å². The molecular formula is C17H18F2N6O. The third kappa shape index (κ3) is 4.11. The van der Waals surface area contributed by atoms with Crippen molar-refractivity contribution in [2.45, 2.75) is 26.4 Å². The van der Waals surface area contributed by atoms with Crippen LogP contribution in [0.1, 0.15) is 28.3 Å². The number of nitrogens with zero attached hydrogens (tertiary/aromatic N) is 5. The molecule has 0 bridgehead atoms. The van der Waals surface area contributed by atoms with Gasteiger partial charge >= 0.3 is 0 Å². The molecule has 2 aromatic heterocycles. The van der Waals surface area contributed by atoms with Gasteiger partial charge in [-0.3, -0.25) is 4.79 Å². The van der Waals surface area contributed by atoms with Crippen molar-refractivity contribution in [2.24, 2.45) is 0 Å². The number of hydrogen-bond acceptors (Lipinski definition) is 4. The molecule has 0 saturated carbocycles. The minimum Gasteiger partial charge on any atom is -0.351 e. The number of nitrogens with one attached hydrogen (secondary N) is 1. The predicted octanol–water partition coefficient (Wildman–Crippen LogP) is 1.93. The number of benzene rings is 1. The number of hydrogen-bond donors (Lipinski definition) is 1. The Balaban J connectivity index is 1.52. The molecule has 1 N–H and O–H groups in total. The summed E-state index contributed by atoms with van der Waals surface area (Å²) in [7, 11) is 0. The number of carbonyl (C=O) groups excluding carboxylic acids is 1. The van der Waals surface area contributed by atoms with Gasteiger partial charge in [0.05, 0.1) is 12.7 Å². The summed E-state index contributed by atoms with van der Waals surface area (Å²) in [5.41, 5.74) is -0.0272. The Morgan fingerprint density at radius 2 is 2.04 bits per heavy atom. The standard InChI is InChI=1S/C17H18F2N6O/c1-12-20-7-9-24(12)8-3-6-21-17(26)16-11-25(23-22-16)10-13-14(18)4-2-5-15(13)19/h2,4-5,7,9,11H,3,6,8,10H2,1H3,(H,21,26). The molecule has 136 valence electrons. The Kier molecular flexibility index (Phi) is 5.35. The number of rotatable bonds is 7. The van der Waals surface area contributed by atoms with Crippen LogP contribution >= 0.6 is 0 Å². The van der Waals surface area contributed by atoms with Gasteiger partial charge in [-0.1, -0.05) is 11.3 Å². The van der Waals surface area contributed by atoms with Crippen molar-refractivity contribution in [1.82, 2.24) is 29.9 Å². The van der Waals surface area contributed by atoms with Crippen molar-refractivity contribution >= 4 is 5.91 Å². The molecule has 9 heteroatoms. The van der Waals surface area contributed by atoms with Gasteiger partial charge in [-0.05, 0) is 25.5 Å². The predicted molar refractivity (Wildman–Crippen MR) is 89.4 cm³/mol. The largest absolute Gasteiger partial charge is 0.351 e. The minimum atomic E-state index is -0.665. The first-order valence-electron chi connectivity index (χ1n) is 8.13. The van der Waals surface area contributed by atoms with E-state index in [-0.39, 0.29) is 23.7 Å². The van der Waals surface area contributed by atoms with Crippen molar-refractivity contribution in [3.05, 3.63) is 65.5 Å². The highest BCUT2D eigenvalue weighted by atomic mass is 19.1. The van der Waals surface area contributed by atoms with Gasteiger partial charge in [0.15, 0.2) is 5.69 Å². The third-order valence-electron chi connectivity index (χ3n) is 3.94. The molecular weight excluding hydrogens is 342 g/mol. The summed E-state index contributed by atoms with van der Waals surface area (Å²) in [6.45, 7) is 2.98. The lowest BCUT2D eigenvalue weighted by Crippen LogP contribution is -2.25. The number of amides is 1. The molecule has 0 fully saturated rings. The molecule has 2 heterocycles. The average Bonchev–Trinajstić information content (AvgIpc) is 3.24. The van der Waals surface area contributed by atoms with Crippen LogP contribution in [-0.4, -0.2) is 37.0 Å². The Morgan fingerprint density at radius 1 is 1.27 bits per heavy atom.